The summed E-state index contributed by atoms with van der Waals surface area (Å²) < 4.78 is 2.16. The number of carbonyl (C=O) groups is 1. The number of rotatable bonds is 8. The van der Waals surface area contributed by atoms with E-state index in [1.165, 1.54) is 17.3 Å². The molecule has 2 heterocycles. The van der Waals surface area contributed by atoms with Crippen LogP contribution in [0.2, 0.25) is 0 Å². The van der Waals surface area contributed by atoms with Gasteiger partial charge in [0.2, 0.25) is 5.91 Å². The number of thioether (sulfide) groups is 1. The van der Waals surface area contributed by atoms with Gasteiger partial charge < -0.3 is 5.32 Å². The van der Waals surface area contributed by atoms with Gasteiger partial charge in [-0.05, 0) is 43.9 Å². The summed E-state index contributed by atoms with van der Waals surface area (Å²) in [5, 5.41) is 12.3. The predicted molar refractivity (Wildman–Crippen MR) is 110 cm³/mol. The molecule has 1 aliphatic rings. The van der Waals surface area contributed by atoms with Crippen LogP contribution >= 0.6 is 11.8 Å². The minimum atomic E-state index is -0.237. The molecule has 7 heteroatoms. The van der Waals surface area contributed by atoms with Crippen LogP contribution in [0.15, 0.2) is 60.0 Å². The van der Waals surface area contributed by atoms with E-state index in [-0.39, 0.29) is 11.2 Å². The molecule has 1 aliphatic carbocycles. The topological polar surface area (TPSA) is 72.7 Å². The highest BCUT2D eigenvalue weighted by molar-refractivity contribution is 8.00. The maximum atomic E-state index is 12.5. The summed E-state index contributed by atoms with van der Waals surface area (Å²) in [6.45, 7) is 2.54. The fourth-order valence-electron chi connectivity index (χ4n) is 3.04. The Kier molecular flexibility index (Phi) is 5.71. The first kappa shape index (κ1) is 18.7. The molecule has 3 aromatic rings. The van der Waals surface area contributed by atoms with Gasteiger partial charge in [0, 0.05) is 30.5 Å². The summed E-state index contributed by atoms with van der Waals surface area (Å²) in [5.74, 6) is 0.851. The van der Waals surface area contributed by atoms with Crippen molar-refractivity contribution < 1.29 is 4.79 Å². The molecule has 0 bridgehead atoms. The molecule has 6 nitrogen and oxygen atoms in total. The first-order valence-corrected chi connectivity index (χ1v) is 10.4. The number of aromatic nitrogens is 4. The number of hydrogen-bond acceptors (Lipinski definition) is 5. The quantitative estimate of drug-likeness (QED) is 0.593. The van der Waals surface area contributed by atoms with Crippen LogP contribution in [0.3, 0.4) is 0 Å². The minimum Gasteiger partial charge on any atom is -0.355 e. The van der Waals surface area contributed by atoms with Crippen molar-refractivity contribution in [2.45, 2.75) is 42.6 Å². The average molecular weight is 394 g/mol. The van der Waals surface area contributed by atoms with Crippen molar-refractivity contribution in [2.75, 3.05) is 6.54 Å². The van der Waals surface area contributed by atoms with Crippen molar-refractivity contribution in [1.29, 1.82) is 0 Å². The van der Waals surface area contributed by atoms with Crippen LogP contribution in [-0.4, -0.2) is 37.5 Å². The van der Waals surface area contributed by atoms with Gasteiger partial charge >= 0.3 is 0 Å². The molecule has 4 rings (SSSR count). The zero-order valence-corrected chi connectivity index (χ0v) is 16.6. The molecule has 0 saturated heterocycles. The van der Waals surface area contributed by atoms with E-state index in [2.05, 4.69) is 37.2 Å². The zero-order valence-electron chi connectivity index (χ0n) is 15.8. The molecular formula is C21H23N5OS. The first-order valence-electron chi connectivity index (χ1n) is 9.56. The Labute approximate surface area is 168 Å². The van der Waals surface area contributed by atoms with Crippen molar-refractivity contribution in [3.63, 3.8) is 0 Å². The Hall–Kier alpha value is -2.67. The van der Waals surface area contributed by atoms with E-state index in [0.717, 1.165) is 35.8 Å². The summed E-state index contributed by atoms with van der Waals surface area (Å²) in [6.07, 6.45) is 6.62. The Morgan fingerprint density at radius 2 is 2.04 bits per heavy atom. The molecule has 144 valence electrons. The van der Waals surface area contributed by atoms with E-state index >= 15 is 0 Å². The second kappa shape index (κ2) is 8.56. The van der Waals surface area contributed by atoms with Gasteiger partial charge in [-0.15, -0.1) is 10.2 Å². The summed E-state index contributed by atoms with van der Waals surface area (Å²) >= 11 is 1.47. The highest BCUT2D eigenvalue weighted by Crippen LogP contribution is 2.41. The molecule has 1 aromatic carbocycles. The lowest BCUT2D eigenvalue weighted by atomic mass is 10.1. The molecule has 0 unspecified atom stereocenters. The second-order valence-electron chi connectivity index (χ2n) is 6.94. The molecule has 28 heavy (non-hydrogen) atoms. The average Bonchev–Trinajstić information content (AvgIpc) is 3.49. The lowest BCUT2D eigenvalue weighted by Gasteiger charge is -2.13. The largest absolute Gasteiger partial charge is 0.355 e. The summed E-state index contributed by atoms with van der Waals surface area (Å²) in [5.41, 5.74) is 2.17. The van der Waals surface area contributed by atoms with Crippen LogP contribution in [0.4, 0.5) is 0 Å². The number of hydrogen-bond donors (Lipinski definition) is 1. The predicted octanol–water partition coefficient (Wildman–Crippen LogP) is 3.51. The standard InChI is InChI=1S/C21H23N5OS/c1-15(20(27)23-13-11-16-6-3-2-4-7-16)28-21-25-24-19(26(21)18-9-10-18)17-8-5-12-22-14-17/h2-8,12,14-15,18H,9-11,13H2,1H3,(H,23,27)/t15-/m1/s1. The molecule has 2 aromatic heterocycles. The highest BCUT2D eigenvalue weighted by Gasteiger charge is 2.31. The number of nitrogens with one attached hydrogen (secondary N) is 1. The molecular weight excluding hydrogens is 370 g/mol. The van der Waals surface area contributed by atoms with E-state index < -0.39 is 0 Å². The van der Waals surface area contributed by atoms with E-state index in [9.17, 15) is 4.79 Å². The van der Waals surface area contributed by atoms with E-state index in [1.807, 2.05) is 37.3 Å². The van der Waals surface area contributed by atoms with Crippen LogP contribution in [0, 0.1) is 0 Å². The number of pyridine rings is 1. The Bertz CT molecular complexity index is 924. The molecule has 0 radical (unpaired) electrons. The monoisotopic (exact) mass is 393 g/mol. The fraction of sp³-hybridized carbons (Fsp3) is 0.333. The maximum absolute atomic E-state index is 12.5. The molecule has 0 aliphatic heterocycles. The Balaban J connectivity index is 1.39. The lowest BCUT2D eigenvalue weighted by Crippen LogP contribution is -2.32. The van der Waals surface area contributed by atoms with Gasteiger partial charge in [0.05, 0.1) is 5.25 Å². The van der Waals surface area contributed by atoms with Gasteiger partial charge in [0.1, 0.15) is 0 Å². The summed E-state index contributed by atoms with van der Waals surface area (Å²) in [6, 6.07) is 14.5. The van der Waals surface area contributed by atoms with E-state index in [4.69, 9.17) is 0 Å². The van der Waals surface area contributed by atoms with Gasteiger partial charge in [-0.3, -0.25) is 14.3 Å². The van der Waals surface area contributed by atoms with Crippen molar-refractivity contribution in [1.82, 2.24) is 25.1 Å². The third kappa shape index (κ3) is 4.42. The van der Waals surface area contributed by atoms with Crippen LogP contribution in [0.1, 0.15) is 31.4 Å². The van der Waals surface area contributed by atoms with Crippen molar-refractivity contribution in [3.05, 3.63) is 60.4 Å². The van der Waals surface area contributed by atoms with Gasteiger partial charge in [0.25, 0.3) is 0 Å². The van der Waals surface area contributed by atoms with Crippen LogP contribution in [-0.2, 0) is 11.2 Å². The molecule has 0 spiro atoms. The maximum Gasteiger partial charge on any atom is 0.233 e. The number of benzene rings is 1. The SMILES string of the molecule is C[C@@H](Sc1nnc(-c2cccnc2)n1C1CC1)C(=O)NCCc1ccccc1. The van der Waals surface area contributed by atoms with Crippen molar-refractivity contribution >= 4 is 17.7 Å². The third-order valence-electron chi connectivity index (χ3n) is 4.70. The van der Waals surface area contributed by atoms with Crippen LogP contribution in [0.25, 0.3) is 11.4 Å². The smallest absolute Gasteiger partial charge is 0.233 e. The molecule has 1 fully saturated rings. The minimum absolute atomic E-state index is 0.0224. The van der Waals surface area contributed by atoms with Crippen molar-refractivity contribution in [2.24, 2.45) is 0 Å². The van der Waals surface area contributed by atoms with Gasteiger partial charge in [-0.1, -0.05) is 42.1 Å². The molecule has 1 saturated carbocycles. The first-order chi connectivity index (χ1) is 13.7. The van der Waals surface area contributed by atoms with Gasteiger partial charge in [0.15, 0.2) is 11.0 Å². The number of amides is 1. The van der Waals surface area contributed by atoms with Crippen LogP contribution in [0.5, 0.6) is 0 Å². The van der Waals surface area contributed by atoms with Crippen molar-refractivity contribution in [3.8, 4) is 11.4 Å². The summed E-state index contributed by atoms with van der Waals surface area (Å²) in [4.78, 5) is 16.7. The molecule has 1 amide bonds. The number of carbonyl (C=O) groups excluding carboxylic acids is 1. The zero-order chi connectivity index (χ0) is 19.3. The third-order valence-corrected chi connectivity index (χ3v) is 5.76. The molecule has 1 N–H and O–H groups in total. The number of nitrogens with zero attached hydrogens (tertiary/aromatic N) is 4. The fourth-order valence-corrected chi connectivity index (χ4v) is 3.98. The normalized spacial score (nSPS) is 14.6. The molecule has 1 atom stereocenters. The van der Waals surface area contributed by atoms with Crippen LogP contribution < -0.4 is 5.32 Å². The van der Waals surface area contributed by atoms with E-state index in [1.54, 1.807) is 12.4 Å². The van der Waals surface area contributed by atoms with Gasteiger partial charge in [-0.25, -0.2) is 0 Å². The Morgan fingerprint density at radius 1 is 1.21 bits per heavy atom. The summed E-state index contributed by atoms with van der Waals surface area (Å²) in [7, 11) is 0. The Morgan fingerprint density at radius 3 is 2.75 bits per heavy atom. The lowest BCUT2D eigenvalue weighted by molar-refractivity contribution is -0.120. The highest BCUT2D eigenvalue weighted by atomic mass is 32.2. The van der Waals surface area contributed by atoms with Gasteiger partial charge in [-0.2, -0.15) is 0 Å². The van der Waals surface area contributed by atoms with E-state index in [0.29, 0.717) is 12.6 Å². The second-order valence-corrected chi connectivity index (χ2v) is 8.24.